The van der Waals surface area contributed by atoms with Gasteiger partial charge in [-0.15, -0.1) is 0 Å². The van der Waals surface area contributed by atoms with E-state index >= 15 is 0 Å². The van der Waals surface area contributed by atoms with Crippen molar-refractivity contribution in [2.75, 3.05) is 7.05 Å². The van der Waals surface area contributed by atoms with Gasteiger partial charge in [-0.1, -0.05) is 20.8 Å². The van der Waals surface area contributed by atoms with Crippen LogP contribution in [-0.2, 0) is 9.59 Å². The van der Waals surface area contributed by atoms with E-state index in [4.69, 9.17) is 10.2 Å². The van der Waals surface area contributed by atoms with Gasteiger partial charge in [0.2, 0.25) is 0 Å². The van der Waals surface area contributed by atoms with Crippen molar-refractivity contribution in [2.24, 2.45) is 5.41 Å². The number of carbonyl (C=O) groups excluding carboxylic acids is 1. The average Bonchev–Trinajstić information content (AvgIpc) is 2.23. The minimum Gasteiger partial charge on any atom is -0.481 e. The minimum atomic E-state index is -1.43. The third-order valence-electron chi connectivity index (χ3n) is 3.13. The number of nitrogens with zero attached hydrogens (tertiary/aromatic N) is 1. The van der Waals surface area contributed by atoms with Crippen molar-refractivity contribution in [3.63, 3.8) is 0 Å². The van der Waals surface area contributed by atoms with E-state index in [2.05, 4.69) is 5.32 Å². The molecule has 0 radical (unpaired) electrons. The van der Waals surface area contributed by atoms with Gasteiger partial charge in [-0.3, -0.25) is 4.79 Å². The quantitative estimate of drug-likeness (QED) is 0.693. The molecule has 0 spiro atoms. The molecular weight excluding hydrogens is 252 g/mol. The Morgan fingerprint density at radius 3 is 2.00 bits per heavy atom. The van der Waals surface area contributed by atoms with Crippen molar-refractivity contribution in [1.29, 1.82) is 0 Å². The number of carboxylic acids is 2. The van der Waals surface area contributed by atoms with Crippen LogP contribution in [-0.4, -0.2) is 52.2 Å². The van der Waals surface area contributed by atoms with E-state index in [0.717, 1.165) is 0 Å². The lowest BCUT2D eigenvalue weighted by Gasteiger charge is -2.35. The number of aliphatic carboxylic acids is 2. The zero-order chi connectivity index (χ0) is 15.4. The molecule has 0 aromatic carbocycles. The standard InChI is InChI=1S/C12H22N2O5/c1-7(12(2,3)4)14(5)11(19)13-8(10(17)18)6-9(15)16/h7-8H,6H2,1-5H3,(H,13,19)(H,15,16)(H,17,18)/t7?,8-/m1/s1. The van der Waals surface area contributed by atoms with Crippen LogP contribution in [0, 0.1) is 5.41 Å². The molecule has 0 saturated carbocycles. The smallest absolute Gasteiger partial charge is 0.326 e. The molecule has 7 nitrogen and oxygen atoms in total. The van der Waals surface area contributed by atoms with Crippen molar-refractivity contribution >= 4 is 18.0 Å². The molecule has 7 heteroatoms. The first-order valence-corrected chi connectivity index (χ1v) is 5.94. The number of hydrogen-bond donors (Lipinski definition) is 3. The lowest BCUT2D eigenvalue weighted by Crippen LogP contribution is -2.52. The van der Waals surface area contributed by atoms with Crippen LogP contribution in [0.25, 0.3) is 0 Å². The Labute approximate surface area is 112 Å². The molecule has 0 aromatic rings. The van der Waals surface area contributed by atoms with Crippen molar-refractivity contribution in [3.8, 4) is 0 Å². The second kappa shape index (κ2) is 6.40. The summed E-state index contributed by atoms with van der Waals surface area (Å²) in [6.45, 7) is 7.70. The topological polar surface area (TPSA) is 107 Å². The van der Waals surface area contributed by atoms with E-state index in [0.29, 0.717) is 0 Å². The van der Waals surface area contributed by atoms with Gasteiger partial charge in [-0.25, -0.2) is 9.59 Å². The van der Waals surface area contributed by atoms with E-state index in [1.165, 1.54) is 4.90 Å². The summed E-state index contributed by atoms with van der Waals surface area (Å²) in [4.78, 5) is 34.7. The fourth-order valence-corrected chi connectivity index (χ4v) is 1.38. The molecule has 0 fully saturated rings. The number of carbonyl (C=O) groups is 3. The lowest BCUT2D eigenvalue weighted by molar-refractivity contribution is -0.145. The molecule has 0 aromatic heterocycles. The van der Waals surface area contributed by atoms with Crippen molar-refractivity contribution in [1.82, 2.24) is 10.2 Å². The molecule has 2 atom stereocenters. The van der Waals surface area contributed by atoms with Gasteiger partial charge in [-0.2, -0.15) is 0 Å². The molecule has 0 heterocycles. The first kappa shape index (κ1) is 17.2. The second-order valence-corrected chi connectivity index (χ2v) is 5.59. The number of carboxylic acid groups (broad SMARTS) is 2. The molecule has 0 aliphatic carbocycles. The van der Waals surface area contributed by atoms with Gasteiger partial charge in [0, 0.05) is 13.1 Å². The lowest BCUT2D eigenvalue weighted by atomic mass is 9.87. The van der Waals surface area contributed by atoms with Crippen LogP contribution in [0.4, 0.5) is 4.79 Å². The highest BCUT2D eigenvalue weighted by molar-refractivity contribution is 5.86. The first-order valence-electron chi connectivity index (χ1n) is 5.94. The van der Waals surface area contributed by atoms with Crippen LogP contribution < -0.4 is 5.32 Å². The predicted molar refractivity (Wildman–Crippen MR) is 68.9 cm³/mol. The minimum absolute atomic E-state index is 0.133. The number of rotatable bonds is 5. The Balaban J connectivity index is 4.73. The summed E-state index contributed by atoms with van der Waals surface area (Å²) in [7, 11) is 1.55. The van der Waals surface area contributed by atoms with E-state index in [-0.39, 0.29) is 11.5 Å². The molecule has 0 aliphatic rings. The number of amides is 2. The molecule has 0 aliphatic heterocycles. The molecule has 1 unspecified atom stereocenters. The maximum Gasteiger partial charge on any atom is 0.326 e. The van der Waals surface area contributed by atoms with Crippen LogP contribution in [0.3, 0.4) is 0 Å². The van der Waals surface area contributed by atoms with Crippen LogP contribution in [0.5, 0.6) is 0 Å². The van der Waals surface area contributed by atoms with Crippen LogP contribution in [0.15, 0.2) is 0 Å². The van der Waals surface area contributed by atoms with E-state index in [9.17, 15) is 14.4 Å². The molecule has 0 bridgehead atoms. The monoisotopic (exact) mass is 274 g/mol. The highest BCUT2D eigenvalue weighted by atomic mass is 16.4. The molecule has 0 rings (SSSR count). The fourth-order valence-electron chi connectivity index (χ4n) is 1.38. The Morgan fingerprint density at radius 2 is 1.68 bits per heavy atom. The first-order chi connectivity index (χ1) is 8.46. The third kappa shape index (κ3) is 5.58. The largest absolute Gasteiger partial charge is 0.481 e. The zero-order valence-electron chi connectivity index (χ0n) is 11.9. The van der Waals surface area contributed by atoms with Crippen LogP contribution in [0.1, 0.15) is 34.1 Å². The second-order valence-electron chi connectivity index (χ2n) is 5.59. The molecule has 2 amide bonds. The normalized spacial score (nSPS) is 14.4. The summed E-state index contributed by atoms with van der Waals surface area (Å²) in [6, 6.07) is -2.16. The molecule has 19 heavy (non-hydrogen) atoms. The summed E-state index contributed by atoms with van der Waals surface area (Å²) in [6.07, 6.45) is -0.654. The van der Waals surface area contributed by atoms with Crippen molar-refractivity contribution in [3.05, 3.63) is 0 Å². The summed E-state index contributed by atoms with van der Waals surface area (Å²) < 4.78 is 0. The Kier molecular flexibility index (Phi) is 5.80. The summed E-state index contributed by atoms with van der Waals surface area (Å²) >= 11 is 0. The number of nitrogens with one attached hydrogen (secondary N) is 1. The van der Waals surface area contributed by atoms with Crippen molar-refractivity contribution < 1.29 is 24.6 Å². The number of hydrogen-bond acceptors (Lipinski definition) is 3. The van der Waals surface area contributed by atoms with Gasteiger partial charge < -0.3 is 20.4 Å². The average molecular weight is 274 g/mol. The molecule has 110 valence electrons. The maximum atomic E-state index is 11.9. The molecule has 0 saturated heterocycles. The molecular formula is C12H22N2O5. The van der Waals surface area contributed by atoms with Gasteiger partial charge in [0.05, 0.1) is 6.42 Å². The highest BCUT2D eigenvalue weighted by Gasteiger charge is 2.30. The van der Waals surface area contributed by atoms with Gasteiger partial charge in [0.15, 0.2) is 0 Å². The maximum absolute atomic E-state index is 11.9. The van der Waals surface area contributed by atoms with Gasteiger partial charge in [0.25, 0.3) is 0 Å². The molecule has 3 N–H and O–H groups in total. The SMILES string of the molecule is CC(N(C)C(=O)N[C@H](CC(=O)O)C(=O)O)C(C)(C)C. The predicted octanol–water partition coefficient (Wildman–Crippen LogP) is 0.990. The summed E-state index contributed by atoms with van der Waals surface area (Å²) in [5, 5.41) is 19.7. The van der Waals surface area contributed by atoms with E-state index in [1.54, 1.807) is 7.05 Å². The summed E-state index contributed by atoms with van der Waals surface area (Å²) in [5.41, 5.74) is -0.169. The fraction of sp³-hybridized carbons (Fsp3) is 0.750. The Morgan fingerprint density at radius 1 is 1.21 bits per heavy atom. The van der Waals surface area contributed by atoms with Gasteiger partial charge >= 0.3 is 18.0 Å². The van der Waals surface area contributed by atoms with Gasteiger partial charge in [0.1, 0.15) is 6.04 Å². The third-order valence-corrected chi connectivity index (χ3v) is 3.13. The zero-order valence-corrected chi connectivity index (χ0v) is 11.9. The van der Waals surface area contributed by atoms with Crippen LogP contribution in [0.2, 0.25) is 0 Å². The van der Waals surface area contributed by atoms with Gasteiger partial charge in [-0.05, 0) is 12.3 Å². The highest BCUT2D eigenvalue weighted by Crippen LogP contribution is 2.22. The number of urea groups is 1. The Hall–Kier alpha value is -1.79. The van der Waals surface area contributed by atoms with E-state index in [1.807, 2.05) is 27.7 Å². The van der Waals surface area contributed by atoms with Crippen LogP contribution >= 0.6 is 0 Å². The van der Waals surface area contributed by atoms with Crippen molar-refractivity contribution in [2.45, 2.75) is 46.2 Å². The Bertz CT molecular complexity index is 362. The summed E-state index contributed by atoms with van der Waals surface area (Å²) in [5.74, 6) is -2.65. The van der Waals surface area contributed by atoms with E-state index < -0.39 is 30.4 Å².